The van der Waals surface area contributed by atoms with Gasteiger partial charge >= 0.3 is 6.18 Å². The van der Waals surface area contributed by atoms with Gasteiger partial charge < -0.3 is 5.32 Å². The van der Waals surface area contributed by atoms with Crippen LogP contribution in [0, 0.1) is 5.92 Å². The maximum absolute atomic E-state index is 13.2. The number of alkyl halides is 5. The monoisotopic (exact) mass is 494 g/mol. The molecule has 12 heteroatoms. The van der Waals surface area contributed by atoms with Crippen molar-refractivity contribution in [1.82, 2.24) is 4.31 Å². The second-order valence-electron chi connectivity index (χ2n) is 7.04. The minimum Gasteiger partial charge on any atom is -0.325 e. The second-order valence-corrected chi connectivity index (χ2v) is 9.97. The van der Waals surface area contributed by atoms with Crippen molar-refractivity contribution in [2.75, 3.05) is 18.4 Å². The number of benzene rings is 2. The maximum atomic E-state index is 13.2. The number of para-hydroxylation sites is 1. The number of amides is 1. The van der Waals surface area contributed by atoms with Gasteiger partial charge in [0, 0.05) is 23.9 Å². The van der Waals surface area contributed by atoms with Crippen molar-refractivity contribution in [2.45, 2.75) is 34.6 Å². The minimum absolute atomic E-state index is 0.0867. The lowest BCUT2D eigenvalue weighted by Crippen LogP contribution is -2.41. The number of hydrogen-bond acceptors (Lipinski definition) is 4. The number of carbonyl (C=O) groups excluding carboxylic acids is 1. The van der Waals surface area contributed by atoms with Crippen LogP contribution in [0.25, 0.3) is 0 Å². The van der Waals surface area contributed by atoms with Crippen molar-refractivity contribution in [3.8, 4) is 0 Å². The van der Waals surface area contributed by atoms with Gasteiger partial charge in [0.15, 0.2) is 0 Å². The van der Waals surface area contributed by atoms with Crippen LogP contribution in [0.15, 0.2) is 58.3 Å². The first-order valence-electron chi connectivity index (χ1n) is 9.51. The Morgan fingerprint density at radius 2 is 1.62 bits per heavy atom. The summed E-state index contributed by atoms with van der Waals surface area (Å²) in [7, 11) is -4.41. The normalized spacial score (nSPS) is 16.3. The van der Waals surface area contributed by atoms with E-state index in [4.69, 9.17) is 0 Å². The summed E-state index contributed by atoms with van der Waals surface area (Å²) >= 11 is 0.291. The molecule has 1 fully saturated rings. The third kappa shape index (κ3) is 5.59. The number of anilines is 1. The van der Waals surface area contributed by atoms with Gasteiger partial charge in [-0.3, -0.25) is 4.79 Å². The Labute approximate surface area is 186 Å². The molecule has 0 bridgehead atoms. The highest BCUT2D eigenvalue weighted by Gasteiger charge is 2.40. The first-order valence-corrected chi connectivity index (χ1v) is 11.8. The lowest BCUT2D eigenvalue weighted by atomic mass is 9.97. The van der Waals surface area contributed by atoms with E-state index in [0.717, 1.165) is 16.4 Å². The van der Waals surface area contributed by atoms with Gasteiger partial charge in [-0.1, -0.05) is 36.0 Å². The molecule has 1 aliphatic heterocycles. The summed E-state index contributed by atoms with van der Waals surface area (Å²) in [6, 6.07) is 10.0. The molecule has 1 amide bonds. The van der Waals surface area contributed by atoms with Crippen LogP contribution in [0.5, 0.6) is 0 Å². The van der Waals surface area contributed by atoms with Gasteiger partial charge in [-0.05, 0) is 37.1 Å². The molecular formula is C20H19F5N2O3S2. The zero-order valence-corrected chi connectivity index (χ0v) is 18.1. The largest absolute Gasteiger partial charge is 0.417 e. The van der Waals surface area contributed by atoms with Gasteiger partial charge in [-0.25, -0.2) is 8.42 Å². The van der Waals surface area contributed by atoms with Crippen molar-refractivity contribution in [3.05, 3.63) is 54.1 Å². The summed E-state index contributed by atoms with van der Waals surface area (Å²) < 4.78 is 91.7. The molecule has 1 heterocycles. The molecule has 174 valence electrons. The predicted octanol–water partition coefficient (Wildman–Crippen LogP) is 5.06. The van der Waals surface area contributed by atoms with Crippen LogP contribution < -0.4 is 5.32 Å². The van der Waals surface area contributed by atoms with Crippen molar-refractivity contribution in [3.63, 3.8) is 0 Å². The molecule has 2 aromatic carbocycles. The Bertz CT molecular complexity index is 1070. The molecule has 32 heavy (non-hydrogen) atoms. The number of thioether (sulfide) groups is 1. The SMILES string of the molecule is O=C(Nc1ccccc1SC(F)F)C1CCN(S(=O)(=O)c2ccccc2C(F)(F)F)CC1. The van der Waals surface area contributed by atoms with Gasteiger partial charge in [0.2, 0.25) is 15.9 Å². The molecule has 1 aliphatic rings. The number of hydrogen-bond donors (Lipinski definition) is 1. The third-order valence-electron chi connectivity index (χ3n) is 5.00. The van der Waals surface area contributed by atoms with E-state index in [9.17, 15) is 35.2 Å². The molecule has 0 aliphatic carbocycles. The number of nitrogens with zero attached hydrogens (tertiary/aromatic N) is 1. The summed E-state index contributed by atoms with van der Waals surface area (Å²) in [6.45, 7) is -0.278. The van der Waals surface area contributed by atoms with E-state index >= 15 is 0 Å². The fourth-order valence-electron chi connectivity index (χ4n) is 3.43. The molecule has 0 unspecified atom stereocenters. The van der Waals surface area contributed by atoms with Crippen LogP contribution in [0.4, 0.5) is 27.6 Å². The van der Waals surface area contributed by atoms with Crippen LogP contribution >= 0.6 is 11.8 Å². The molecule has 0 aromatic heterocycles. The average Bonchev–Trinajstić information content (AvgIpc) is 2.74. The third-order valence-corrected chi connectivity index (χ3v) is 7.74. The van der Waals surface area contributed by atoms with E-state index in [2.05, 4.69) is 5.32 Å². The van der Waals surface area contributed by atoms with Crippen molar-refractivity contribution in [2.24, 2.45) is 5.92 Å². The standard InChI is InChI=1S/C20H19F5N2O3S2/c21-19(22)31-16-7-3-2-6-15(16)26-18(28)13-9-11-27(12-10-13)32(29,30)17-8-4-1-5-14(17)20(23,24)25/h1-8,13,19H,9-12H2,(H,26,28). The summed E-state index contributed by atoms with van der Waals surface area (Å²) in [4.78, 5) is 12.0. The fourth-order valence-corrected chi connectivity index (χ4v) is 5.70. The van der Waals surface area contributed by atoms with Gasteiger partial charge in [0.25, 0.3) is 5.76 Å². The summed E-state index contributed by atoms with van der Waals surface area (Å²) in [5.41, 5.74) is -1.02. The Balaban J connectivity index is 1.69. The van der Waals surface area contributed by atoms with E-state index in [0.29, 0.717) is 17.8 Å². The average molecular weight is 495 g/mol. The van der Waals surface area contributed by atoms with Crippen molar-refractivity contribution < 1.29 is 35.2 Å². The van der Waals surface area contributed by atoms with Gasteiger partial charge in [-0.15, -0.1) is 0 Å². The van der Waals surface area contributed by atoms with E-state index in [1.807, 2.05) is 0 Å². The molecule has 2 aromatic rings. The lowest BCUT2D eigenvalue weighted by Gasteiger charge is -2.31. The van der Waals surface area contributed by atoms with Crippen LogP contribution in [-0.4, -0.2) is 37.5 Å². The predicted molar refractivity (Wildman–Crippen MR) is 110 cm³/mol. The molecule has 0 atom stereocenters. The maximum Gasteiger partial charge on any atom is 0.417 e. The summed E-state index contributed by atoms with van der Waals surface area (Å²) in [6.07, 6.45) is -4.65. The summed E-state index contributed by atoms with van der Waals surface area (Å²) in [5, 5.41) is 2.59. The zero-order chi connectivity index (χ0) is 23.5. The first-order chi connectivity index (χ1) is 15.0. The van der Waals surface area contributed by atoms with Crippen LogP contribution in [0.2, 0.25) is 0 Å². The number of rotatable bonds is 6. The van der Waals surface area contributed by atoms with Crippen LogP contribution in [0.3, 0.4) is 0 Å². The fraction of sp³-hybridized carbons (Fsp3) is 0.350. The number of sulfonamides is 1. The topological polar surface area (TPSA) is 66.5 Å². The number of carbonyl (C=O) groups is 1. The second kappa shape index (κ2) is 9.75. The molecule has 1 N–H and O–H groups in total. The van der Waals surface area contributed by atoms with Gasteiger partial charge in [-0.2, -0.15) is 26.3 Å². The van der Waals surface area contributed by atoms with Gasteiger partial charge in [0.05, 0.1) is 16.1 Å². The highest BCUT2D eigenvalue weighted by atomic mass is 32.2. The molecule has 0 radical (unpaired) electrons. The summed E-state index contributed by atoms with van der Waals surface area (Å²) in [5.74, 6) is -3.73. The Morgan fingerprint density at radius 3 is 2.25 bits per heavy atom. The van der Waals surface area contributed by atoms with E-state index in [-0.39, 0.29) is 36.5 Å². The van der Waals surface area contributed by atoms with E-state index in [1.165, 1.54) is 18.2 Å². The molecule has 5 nitrogen and oxygen atoms in total. The Hall–Kier alpha value is -2.18. The number of piperidine rings is 1. The molecule has 1 saturated heterocycles. The number of nitrogens with one attached hydrogen (secondary N) is 1. The van der Waals surface area contributed by atoms with E-state index in [1.54, 1.807) is 12.1 Å². The number of halogens is 5. The Kier molecular flexibility index (Phi) is 7.46. The van der Waals surface area contributed by atoms with Crippen LogP contribution in [-0.2, 0) is 21.0 Å². The molecule has 0 spiro atoms. The quantitative estimate of drug-likeness (QED) is 0.451. The molecule has 3 rings (SSSR count). The van der Waals surface area contributed by atoms with Gasteiger partial charge in [0.1, 0.15) is 0 Å². The smallest absolute Gasteiger partial charge is 0.325 e. The highest BCUT2D eigenvalue weighted by molar-refractivity contribution is 7.99. The van der Waals surface area contributed by atoms with Crippen molar-refractivity contribution >= 4 is 33.4 Å². The van der Waals surface area contributed by atoms with E-state index < -0.39 is 44.2 Å². The van der Waals surface area contributed by atoms with Crippen LogP contribution in [0.1, 0.15) is 18.4 Å². The Morgan fingerprint density at radius 1 is 1.03 bits per heavy atom. The van der Waals surface area contributed by atoms with Crippen molar-refractivity contribution in [1.29, 1.82) is 0 Å². The highest BCUT2D eigenvalue weighted by Crippen LogP contribution is 2.36. The molecule has 0 saturated carbocycles. The minimum atomic E-state index is -4.83. The lowest BCUT2D eigenvalue weighted by molar-refractivity contribution is -0.139. The zero-order valence-electron chi connectivity index (χ0n) is 16.5. The first kappa shape index (κ1) is 24.5. The molecular weight excluding hydrogens is 475 g/mol.